The summed E-state index contributed by atoms with van der Waals surface area (Å²) in [4.78, 5) is 18.7. The van der Waals surface area contributed by atoms with Crippen LogP contribution in [0.1, 0.15) is 10.4 Å². The number of methoxy groups -OCH3 is 1. The molecule has 5 nitrogen and oxygen atoms in total. The number of hydrogen-bond acceptors (Lipinski definition) is 4. The van der Waals surface area contributed by atoms with Crippen molar-refractivity contribution in [2.75, 3.05) is 27.3 Å². The average Bonchev–Trinajstić information content (AvgIpc) is 2.67. The molecule has 1 amide bonds. The molecule has 1 aromatic heterocycles. The monoisotopic (exact) mass is 336 g/mol. The number of nitrogens with zero attached hydrogens (tertiary/aromatic N) is 2. The summed E-state index contributed by atoms with van der Waals surface area (Å²) in [6.07, 6.45) is 1.73. The largest absolute Gasteiger partial charge is 0.497 e. The molecule has 0 radical (unpaired) electrons. The third-order valence-corrected chi connectivity index (χ3v) is 3.98. The summed E-state index contributed by atoms with van der Waals surface area (Å²) in [6, 6.07) is 16.7. The van der Waals surface area contributed by atoms with Gasteiger partial charge in [-0.15, -0.1) is 0 Å². The lowest BCUT2D eigenvalue weighted by molar-refractivity contribution is 0.0775. The number of benzene rings is 2. The zero-order valence-electron chi connectivity index (χ0n) is 14.3. The Kier molecular flexibility index (Phi) is 5.14. The van der Waals surface area contributed by atoms with Crippen LogP contribution >= 0.6 is 0 Å². The number of carbonyl (C=O) groups excluding carboxylic acids is 1. The maximum absolute atomic E-state index is 12.7. The van der Waals surface area contributed by atoms with Crippen LogP contribution in [0.4, 0.5) is 0 Å². The van der Waals surface area contributed by atoms with Crippen LogP contribution in [0.5, 0.6) is 11.5 Å². The van der Waals surface area contributed by atoms with Crippen molar-refractivity contribution in [3.63, 3.8) is 0 Å². The second-order valence-electron chi connectivity index (χ2n) is 5.63. The van der Waals surface area contributed by atoms with Crippen molar-refractivity contribution in [2.45, 2.75) is 0 Å². The standard InChI is InChI=1S/C20H20N2O3/c1-22(13-14-25-16-10-8-15(24-2)9-11-16)20(23)18-5-3-7-19-17(18)6-4-12-21-19/h3-12H,13-14H2,1-2H3. The van der Waals surface area contributed by atoms with E-state index in [1.165, 1.54) is 0 Å². The van der Waals surface area contributed by atoms with Crippen molar-refractivity contribution in [1.29, 1.82) is 0 Å². The maximum Gasteiger partial charge on any atom is 0.254 e. The van der Waals surface area contributed by atoms with E-state index in [9.17, 15) is 4.79 Å². The van der Waals surface area contributed by atoms with Gasteiger partial charge in [0.1, 0.15) is 18.1 Å². The zero-order chi connectivity index (χ0) is 17.6. The number of aromatic nitrogens is 1. The van der Waals surface area contributed by atoms with E-state index in [0.717, 1.165) is 22.4 Å². The highest BCUT2D eigenvalue weighted by Gasteiger charge is 2.14. The van der Waals surface area contributed by atoms with Gasteiger partial charge < -0.3 is 14.4 Å². The van der Waals surface area contributed by atoms with Gasteiger partial charge in [0.25, 0.3) is 5.91 Å². The summed E-state index contributed by atoms with van der Waals surface area (Å²) in [5.74, 6) is 1.48. The number of pyridine rings is 1. The molecule has 0 unspecified atom stereocenters. The first kappa shape index (κ1) is 16.8. The van der Waals surface area contributed by atoms with Crippen LogP contribution in [0.2, 0.25) is 0 Å². The smallest absolute Gasteiger partial charge is 0.254 e. The summed E-state index contributed by atoms with van der Waals surface area (Å²) < 4.78 is 10.8. The van der Waals surface area contributed by atoms with Gasteiger partial charge in [-0.25, -0.2) is 0 Å². The summed E-state index contributed by atoms with van der Waals surface area (Å²) in [7, 11) is 3.40. The Bertz CT molecular complexity index is 857. The van der Waals surface area contributed by atoms with E-state index in [4.69, 9.17) is 9.47 Å². The first-order chi connectivity index (χ1) is 12.2. The lowest BCUT2D eigenvalue weighted by Crippen LogP contribution is -2.31. The highest BCUT2D eigenvalue weighted by molar-refractivity contribution is 6.06. The molecule has 25 heavy (non-hydrogen) atoms. The molecule has 0 aliphatic carbocycles. The normalized spacial score (nSPS) is 10.5. The molecule has 1 heterocycles. The van der Waals surface area contributed by atoms with Crippen LogP contribution in [0, 0.1) is 0 Å². The predicted octanol–water partition coefficient (Wildman–Crippen LogP) is 3.39. The summed E-state index contributed by atoms with van der Waals surface area (Å²) >= 11 is 0. The first-order valence-electron chi connectivity index (χ1n) is 8.05. The second kappa shape index (κ2) is 7.66. The quantitative estimate of drug-likeness (QED) is 0.692. The Morgan fingerprint density at radius 3 is 2.56 bits per heavy atom. The minimum Gasteiger partial charge on any atom is -0.497 e. The summed E-state index contributed by atoms with van der Waals surface area (Å²) in [5, 5.41) is 0.859. The van der Waals surface area contributed by atoms with Crippen molar-refractivity contribution in [1.82, 2.24) is 9.88 Å². The number of likely N-dealkylation sites (N-methyl/N-ethyl adjacent to an activating group) is 1. The highest BCUT2D eigenvalue weighted by atomic mass is 16.5. The molecule has 0 saturated carbocycles. The van der Waals surface area contributed by atoms with Gasteiger partial charge in [-0.2, -0.15) is 0 Å². The van der Waals surface area contributed by atoms with Crippen LogP contribution in [-0.2, 0) is 0 Å². The molecule has 0 fully saturated rings. The lowest BCUT2D eigenvalue weighted by atomic mass is 10.1. The van der Waals surface area contributed by atoms with Gasteiger partial charge >= 0.3 is 0 Å². The Balaban J connectivity index is 1.62. The van der Waals surface area contributed by atoms with Gasteiger partial charge in [0.05, 0.1) is 19.2 Å². The fraction of sp³-hybridized carbons (Fsp3) is 0.200. The third kappa shape index (κ3) is 3.88. The number of carbonyl (C=O) groups is 1. The molecule has 0 saturated heterocycles. The molecule has 128 valence electrons. The Morgan fingerprint density at radius 2 is 1.80 bits per heavy atom. The van der Waals surface area contributed by atoms with Gasteiger partial charge in [0.2, 0.25) is 0 Å². The second-order valence-corrected chi connectivity index (χ2v) is 5.63. The Hall–Kier alpha value is -3.08. The van der Waals surface area contributed by atoms with E-state index in [1.54, 1.807) is 25.3 Å². The SMILES string of the molecule is COc1ccc(OCCN(C)C(=O)c2cccc3ncccc23)cc1. The van der Waals surface area contributed by atoms with Crippen molar-refractivity contribution >= 4 is 16.8 Å². The first-order valence-corrected chi connectivity index (χ1v) is 8.05. The van der Waals surface area contributed by atoms with Gasteiger partial charge in [0.15, 0.2) is 0 Å². The zero-order valence-corrected chi connectivity index (χ0v) is 14.3. The number of ether oxygens (including phenoxy) is 2. The van der Waals surface area contributed by atoms with Crippen LogP contribution < -0.4 is 9.47 Å². The van der Waals surface area contributed by atoms with Crippen LogP contribution in [0.15, 0.2) is 60.8 Å². The summed E-state index contributed by atoms with van der Waals surface area (Å²) in [6.45, 7) is 0.902. The van der Waals surface area contributed by atoms with Gasteiger partial charge in [-0.3, -0.25) is 9.78 Å². The summed E-state index contributed by atoms with van der Waals surface area (Å²) in [5.41, 5.74) is 1.47. The lowest BCUT2D eigenvalue weighted by Gasteiger charge is -2.18. The average molecular weight is 336 g/mol. The van der Waals surface area contributed by atoms with Gasteiger partial charge in [-0.05, 0) is 42.5 Å². The molecule has 0 aliphatic rings. The molecule has 0 bridgehead atoms. The highest BCUT2D eigenvalue weighted by Crippen LogP contribution is 2.19. The molecule has 3 rings (SSSR count). The van der Waals surface area contributed by atoms with E-state index < -0.39 is 0 Å². The number of fused-ring (bicyclic) bond motifs is 1. The number of amides is 1. The molecule has 3 aromatic rings. The molecule has 0 atom stereocenters. The predicted molar refractivity (Wildman–Crippen MR) is 97.2 cm³/mol. The minimum absolute atomic E-state index is 0.0445. The third-order valence-electron chi connectivity index (χ3n) is 3.98. The Labute approximate surface area is 146 Å². The molecule has 0 aliphatic heterocycles. The van der Waals surface area contributed by atoms with Gasteiger partial charge in [-0.1, -0.05) is 12.1 Å². The topological polar surface area (TPSA) is 51.7 Å². The minimum atomic E-state index is -0.0445. The molecule has 0 N–H and O–H groups in total. The molecule has 2 aromatic carbocycles. The van der Waals surface area contributed by atoms with Crippen LogP contribution in [-0.4, -0.2) is 43.1 Å². The van der Waals surface area contributed by atoms with Crippen LogP contribution in [0.25, 0.3) is 10.9 Å². The Morgan fingerprint density at radius 1 is 1.04 bits per heavy atom. The van der Waals surface area contributed by atoms with Crippen molar-refractivity contribution in [3.8, 4) is 11.5 Å². The molecular formula is C20H20N2O3. The fourth-order valence-corrected chi connectivity index (χ4v) is 2.57. The number of rotatable bonds is 6. The van der Waals surface area contributed by atoms with E-state index in [0.29, 0.717) is 18.7 Å². The van der Waals surface area contributed by atoms with Gasteiger partial charge in [0, 0.05) is 24.2 Å². The van der Waals surface area contributed by atoms with Crippen molar-refractivity contribution in [3.05, 3.63) is 66.4 Å². The molecular weight excluding hydrogens is 316 g/mol. The molecule has 0 spiro atoms. The van der Waals surface area contributed by atoms with E-state index in [2.05, 4.69) is 4.98 Å². The van der Waals surface area contributed by atoms with Crippen LogP contribution in [0.3, 0.4) is 0 Å². The number of hydrogen-bond donors (Lipinski definition) is 0. The maximum atomic E-state index is 12.7. The van der Waals surface area contributed by atoms with Crippen molar-refractivity contribution in [2.24, 2.45) is 0 Å². The van der Waals surface area contributed by atoms with E-state index >= 15 is 0 Å². The van der Waals surface area contributed by atoms with E-state index in [-0.39, 0.29) is 5.91 Å². The fourth-order valence-electron chi connectivity index (χ4n) is 2.57. The van der Waals surface area contributed by atoms with Crippen molar-refractivity contribution < 1.29 is 14.3 Å². The van der Waals surface area contributed by atoms with E-state index in [1.807, 2.05) is 54.6 Å². The molecule has 5 heteroatoms.